The summed E-state index contributed by atoms with van der Waals surface area (Å²) in [6.07, 6.45) is -0.877. The number of hydrogen-bond donors (Lipinski definition) is 8. The maximum atomic E-state index is 11.4. The average Bonchev–Trinajstić information content (AvgIpc) is 3.91. The molecule has 0 radical (unpaired) electrons. The summed E-state index contributed by atoms with van der Waals surface area (Å²) in [6, 6.07) is 0.176. The van der Waals surface area contributed by atoms with Crippen LogP contribution in [0.3, 0.4) is 0 Å². The molecule has 4 saturated heterocycles. The Bertz CT molecular complexity index is 1800. The molecular weight excluding hydrogens is 789 g/mol. The zero-order chi connectivity index (χ0) is 43.1. The first kappa shape index (κ1) is 44.3. The molecule has 0 amide bonds. The van der Waals surface area contributed by atoms with Crippen LogP contribution in [0.25, 0.3) is 0 Å². The van der Waals surface area contributed by atoms with Gasteiger partial charge in [0.2, 0.25) is 0 Å². The monoisotopic (exact) mass is 858 g/mol. The molecule has 61 heavy (non-hydrogen) atoms. The van der Waals surface area contributed by atoms with E-state index in [1.54, 1.807) is 11.8 Å². The molecule has 16 nitrogen and oxygen atoms in total. The Balaban J connectivity index is 0.901. The lowest BCUT2D eigenvalue weighted by molar-refractivity contribution is -0.291. The van der Waals surface area contributed by atoms with Gasteiger partial charge in [-0.15, -0.1) is 5.10 Å². The van der Waals surface area contributed by atoms with Crippen molar-refractivity contribution < 1.29 is 59.8 Å². The van der Waals surface area contributed by atoms with Gasteiger partial charge in [0.1, 0.15) is 36.6 Å². The Morgan fingerprint density at radius 3 is 2.43 bits per heavy atom. The minimum absolute atomic E-state index is 0.00536. The smallest absolute Gasteiger partial charge is 0.184 e. The van der Waals surface area contributed by atoms with Gasteiger partial charge in [-0.05, 0) is 106 Å². The van der Waals surface area contributed by atoms with Crippen molar-refractivity contribution in [2.75, 3.05) is 19.8 Å². The fraction of sp³-hybridized carbons (Fsp3) is 0.867. The van der Waals surface area contributed by atoms with Gasteiger partial charge in [-0.3, -0.25) is 4.90 Å². The van der Waals surface area contributed by atoms with Crippen molar-refractivity contribution >= 4 is 0 Å². The summed E-state index contributed by atoms with van der Waals surface area (Å²) >= 11 is 0. The van der Waals surface area contributed by atoms with Crippen LogP contribution in [0.15, 0.2) is 29.0 Å². The van der Waals surface area contributed by atoms with E-state index in [4.69, 9.17) is 18.9 Å². The number of hydrogen-bond acceptors (Lipinski definition) is 15. The van der Waals surface area contributed by atoms with Crippen LogP contribution in [-0.2, 0) is 25.5 Å². The summed E-state index contributed by atoms with van der Waals surface area (Å²) in [4.78, 5) is 2.50. The lowest BCUT2D eigenvalue weighted by Crippen LogP contribution is -2.52. The summed E-state index contributed by atoms with van der Waals surface area (Å²) in [5.41, 5.74) is 5.12. The zero-order valence-electron chi connectivity index (χ0n) is 36.2. The van der Waals surface area contributed by atoms with Crippen molar-refractivity contribution in [1.29, 1.82) is 0 Å². The normalized spacial score (nSPS) is 49.3. The molecular formula is C45H70N4O12. The second kappa shape index (κ2) is 17.1. The Morgan fingerprint density at radius 2 is 1.66 bits per heavy atom. The highest BCUT2D eigenvalue weighted by molar-refractivity contribution is 5.38. The van der Waals surface area contributed by atoms with Crippen LogP contribution < -0.4 is 0 Å². The average molecular weight is 859 g/mol. The number of piperidine rings is 1. The third-order valence-electron chi connectivity index (χ3n) is 17.0. The standard InChI is InChI=1S/C45H70N4O12/c1-22-13-36-39(24(3)45(61-36)12-10-28-29-6-5-25-14-27(52)9-11-44(25,4)31(29)15-30(28)23(45)2)48(17-22)18-26-19-49(47-46-26)42-35(56)16-34(55)41(38(21-51)58-42)60-43-33(54)8-7-32(53)40(57)37(20-50)59-43/h5,19,22,24,27-29,31-43,50-57H,6-18,20-21H2,1-4H3/t22-,24+,27-,28-,29-,31-,32?,33?,34?,35?,36+,37?,38?,39-,40-,41-,42+,43-,44-,45-/m0/s1. The summed E-state index contributed by atoms with van der Waals surface area (Å²) in [5.74, 6) is 2.53. The van der Waals surface area contributed by atoms with Crippen molar-refractivity contribution in [1.82, 2.24) is 19.9 Å². The van der Waals surface area contributed by atoms with Crippen molar-refractivity contribution in [3.05, 3.63) is 34.7 Å². The van der Waals surface area contributed by atoms with E-state index in [2.05, 4.69) is 49.0 Å². The second-order valence-electron chi connectivity index (χ2n) is 20.5. The molecule has 8 N–H and O–H groups in total. The van der Waals surface area contributed by atoms with Gasteiger partial charge in [0.05, 0.1) is 55.1 Å². The molecule has 6 fully saturated rings. The van der Waals surface area contributed by atoms with Crippen LogP contribution in [0.5, 0.6) is 0 Å². The molecule has 1 aromatic heterocycles. The van der Waals surface area contributed by atoms with Crippen LogP contribution >= 0.6 is 0 Å². The van der Waals surface area contributed by atoms with Crippen molar-refractivity contribution in [2.24, 2.45) is 35.0 Å². The molecule has 9 rings (SSSR count). The molecule has 0 bridgehead atoms. The lowest BCUT2D eigenvalue weighted by Gasteiger charge is -2.49. The third kappa shape index (κ3) is 7.70. The molecule has 4 aliphatic heterocycles. The summed E-state index contributed by atoms with van der Waals surface area (Å²) in [5, 5.41) is 93.9. The van der Waals surface area contributed by atoms with E-state index in [1.165, 1.54) is 15.8 Å². The molecule has 5 heterocycles. The molecule has 0 aromatic carbocycles. The molecule has 342 valence electrons. The minimum Gasteiger partial charge on any atom is -0.394 e. The number of likely N-dealkylation sites (tertiary alicyclic amines) is 1. The van der Waals surface area contributed by atoms with E-state index < -0.39 is 74.6 Å². The first-order valence-electron chi connectivity index (χ1n) is 23.1. The summed E-state index contributed by atoms with van der Waals surface area (Å²) in [7, 11) is 0. The number of rotatable bonds is 7. The molecule has 4 aliphatic carbocycles. The predicted octanol–water partition coefficient (Wildman–Crippen LogP) is 1.47. The van der Waals surface area contributed by atoms with Gasteiger partial charge in [-0.2, -0.15) is 0 Å². The Morgan fingerprint density at radius 1 is 0.885 bits per heavy atom. The number of aromatic nitrogens is 3. The maximum absolute atomic E-state index is 11.4. The van der Waals surface area contributed by atoms with Gasteiger partial charge in [-0.25, -0.2) is 4.68 Å². The predicted molar refractivity (Wildman–Crippen MR) is 218 cm³/mol. The Kier molecular flexibility index (Phi) is 12.5. The van der Waals surface area contributed by atoms with E-state index >= 15 is 0 Å². The van der Waals surface area contributed by atoms with Crippen LogP contribution in [0, 0.1) is 35.0 Å². The minimum atomic E-state index is -1.45. The van der Waals surface area contributed by atoms with Gasteiger partial charge in [-0.1, -0.05) is 43.2 Å². The van der Waals surface area contributed by atoms with Gasteiger partial charge >= 0.3 is 0 Å². The first-order valence-corrected chi connectivity index (χ1v) is 23.1. The highest BCUT2D eigenvalue weighted by Gasteiger charge is 2.62. The fourth-order valence-corrected chi connectivity index (χ4v) is 13.7. The number of aliphatic hydroxyl groups is 8. The number of fused-ring (bicyclic) bond motifs is 6. The van der Waals surface area contributed by atoms with E-state index in [0.29, 0.717) is 35.9 Å². The molecule has 2 saturated carbocycles. The first-order chi connectivity index (χ1) is 29.1. The van der Waals surface area contributed by atoms with Crippen LogP contribution in [-0.4, -0.2) is 159 Å². The molecule has 16 heteroatoms. The third-order valence-corrected chi connectivity index (χ3v) is 17.0. The fourth-order valence-electron chi connectivity index (χ4n) is 13.7. The van der Waals surface area contributed by atoms with E-state index in [-0.39, 0.29) is 54.4 Å². The van der Waals surface area contributed by atoms with Crippen molar-refractivity contribution in [2.45, 2.75) is 190 Å². The van der Waals surface area contributed by atoms with Gasteiger partial charge in [0.25, 0.3) is 0 Å². The van der Waals surface area contributed by atoms with E-state index in [0.717, 1.165) is 57.9 Å². The van der Waals surface area contributed by atoms with Crippen LogP contribution in [0.2, 0.25) is 0 Å². The van der Waals surface area contributed by atoms with Crippen LogP contribution in [0.1, 0.15) is 110 Å². The second-order valence-corrected chi connectivity index (χ2v) is 20.5. The van der Waals surface area contributed by atoms with Gasteiger partial charge < -0.3 is 59.8 Å². The summed E-state index contributed by atoms with van der Waals surface area (Å²) in [6.45, 7) is 9.61. The quantitative estimate of drug-likeness (QED) is 0.182. The van der Waals surface area contributed by atoms with Crippen molar-refractivity contribution in [3.8, 4) is 0 Å². The molecule has 6 unspecified atom stereocenters. The number of allylic oxidation sites excluding steroid dienone is 2. The SMILES string of the molecule is CC1=C2C[C@H]3[C@@H](CC=C4C[C@@H](O)CC[C@@]43C)[C@@H]2CC[C@]12O[C@@H]1C[C@H](C)CN(Cc3cn([C@@H]4OC(CO)[C@@H](O[C@@H]5OC(CO)[C@@H](O)C(O)CCC5O)C(O)CC4O)nn3)[C@H]1[C@H]2C. The van der Waals surface area contributed by atoms with E-state index in [1.807, 2.05) is 0 Å². The van der Waals surface area contributed by atoms with Crippen molar-refractivity contribution in [3.63, 3.8) is 0 Å². The van der Waals surface area contributed by atoms with Gasteiger partial charge in [0, 0.05) is 31.5 Å². The largest absolute Gasteiger partial charge is 0.394 e. The topological polar surface area (TPSA) is 233 Å². The molecule has 8 aliphatic rings. The van der Waals surface area contributed by atoms with Gasteiger partial charge in [0.15, 0.2) is 12.5 Å². The number of aliphatic hydroxyl groups excluding tert-OH is 8. The zero-order valence-corrected chi connectivity index (χ0v) is 36.2. The lowest BCUT2D eigenvalue weighted by atomic mass is 9.56. The maximum Gasteiger partial charge on any atom is 0.184 e. The molecule has 20 atom stereocenters. The molecule has 1 spiro atoms. The highest BCUT2D eigenvalue weighted by atomic mass is 16.7. The summed E-state index contributed by atoms with van der Waals surface area (Å²) < 4.78 is 26.7. The van der Waals surface area contributed by atoms with E-state index in [9.17, 15) is 40.9 Å². The number of nitrogens with zero attached hydrogens (tertiary/aromatic N) is 4. The Hall–Kier alpha value is -1.90. The Labute approximate surface area is 358 Å². The highest BCUT2D eigenvalue weighted by Crippen LogP contribution is 2.65. The molecule has 1 aromatic rings. The number of ether oxygens (including phenoxy) is 4. The van der Waals surface area contributed by atoms with Crippen LogP contribution in [0.4, 0.5) is 0 Å².